The van der Waals surface area contributed by atoms with Crippen LogP contribution in [0, 0.1) is 5.92 Å². The van der Waals surface area contributed by atoms with Crippen LogP contribution in [0.5, 0.6) is 0 Å². The zero-order chi connectivity index (χ0) is 15.9. The maximum atomic E-state index is 4.83. The van der Waals surface area contributed by atoms with Crippen molar-refractivity contribution in [2.45, 2.75) is 40.0 Å². The number of anilines is 1. The molecule has 0 aliphatic rings. The Hall–Kier alpha value is -1.88. The van der Waals surface area contributed by atoms with Crippen molar-refractivity contribution >= 4 is 36.0 Å². The molecule has 116 valence electrons. The van der Waals surface area contributed by atoms with E-state index >= 15 is 0 Å². The molecule has 0 fully saturated rings. The molecule has 3 rings (SSSR count). The van der Waals surface area contributed by atoms with Crippen LogP contribution in [0.2, 0.25) is 19.6 Å². The van der Waals surface area contributed by atoms with Crippen molar-refractivity contribution in [1.82, 2.24) is 14.5 Å². The molecule has 5 heteroatoms. The summed E-state index contributed by atoms with van der Waals surface area (Å²) in [6.45, 7) is 12.3. The van der Waals surface area contributed by atoms with E-state index < -0.39 is 8.24 Å². The molecule has 0 aliphatic heterocycles. The van der Waals surface area contributed by atoms with Gasteiger partial charge in [-0.3, -0.25) is 0 Å². The smallest absolute Gasteiger partial charge is 0.147 e. The molecule has 3 aromatic rings. The molecule has 0 amide bonds. The minimum Gasteiger partial charge on any atom is -0.394 e. The second-order valence-electron chi connectivity index (χ2n) is 7.34. The van der Waals surface area contributed by atoms with Gasteiger partial charge in [-0.25, -0.2) is 9.97 Å². The second kappa shape index (κ2) is 5.39. The highest BCUT2D eigenvalue weighted by atomic mass is 28.3. The second-order valence-corrected chi connectivity index (χ2v) is 12.1. The Balaban J connectivity index is 2.30. The Bertz CT molecular complexity index is 814. The monoisotopic (exact) mass is 312 g/mol. The molecule has 0 aliphatic carbocycles. The van der Waals surface area contributed by atoms with Crippen molar-refractivity contribution in [3.8, 4) is 0 Å². The Morgan fingerprint density at radius 2 is 1.91 bits per heavy atom. The van der Waals surface area contributed by atoms with Crippen molar-refractivity contribution in [3.05, 3.63) is 30.6 Å². The molecule has 0 unspecified atom stereocenters. The number of para-hydroxylation sites is 1. The lowest BCUT2D eigenvalue weighted by Crippen LogP contribution is -2.32. The molecule has 4 nitrogen and oxygen atoms in total. The average molecular weight is 312 g/mol. The third kappa shape index (κ3) is 2.86. The van der Waals surface area contributed by atoms with E-state index in [9.17, 15) is 0 Å². The number of nitrogens with zero attached hydrogens (tertiary/aromatic N) is 3. The molecular formula is C17H24N4Si. The van der Waals surface area contributed by atoms with Crippen molar-refractivity contribution in [2.24, 2.45) is 5.92 Å². The first-order valence-corrected chi connectivity index (χ1v) is 11.4. The fraction of sp³-hybridized carbons (Fsp3) is 0.412. The Morgan fingerprint density at radius 1 is 1.18 bits per heavy atom. The molecule has 2 aromatic heterocycles. The van der Waals surface area contributed by atoms with E-state index in [1.807, 2.05) is 12.4 Å². The van der Waals surface area contributed by atoms with Crippen LogP contribution < -0.4 is 4.98 Å². The van der Waals surface area contributed by atoms with E-state index in [1.165, 1.54) is 10.9 Å². The number of pyridine rings is 1. The fourth-order valence-electron chi connectivity index (χ4n) is 2.76. The number of rotatable bonds is 4. The van der Waals surface area contributed by atoms with Crippen LogP contribution in [-0.4, -0.2) is 22.8 Å². The first-order valence-electron chi connectivity index (χ1n) is 7.87. The van der Waals surface area contributed by atoms with Crippen LogP contribution in [0.3, 0.4) is 0 Å². The molecule has 0 atom stereocenters. The van der Waals surface area contributed by atoms with Gasteiger partial charge >= 0.3 is 0 Å². The number of benzene rings is 1. The first-order chi connectivity index (χ1) is 10.3. The van der Waals surface area contributed by atoms with E-state index in [-0.39, 0.29) is 0 Å². The summed E-state index contributed by atoms with van der Waals surface area (Å²) in [5, 5.41) is 1.18. The van der Waals surface area contributed by atoms with Crippen LogP contribution in [0.15, 0.2) is 30.6 Å². The Labute approximate surface area is 132 Å². The maximum Gasteiger partial charge on any atom is 0.147 e. The van der Waals surface area contributed by atoms with Crippen molar-refractivity contribution < 1.29 is 0 Å². The molecule has 0 saturated carbocycles. The number of aromatic nitrogens is 3. The summed E-state index contributed by atoms with van der Waals surface area (Å²) >= 11 is 0. The molecule has 22 heavy (non-hydrogen) atoms. The van der Waals surface area contributed by atoms with Gasteiger partial charge in [-0.05, 0) is 12.0 Å². The topological polar surface area (TPSA) is 42.7 Å². The van der Waals surface area contributed by atoms with Crippen LogP contribution in [0.4, 0.5) is 5.82 Å². The molecular weight excluding hydrogens is 288 g/mol. The average Bonchev–Trinajstić information content (AvgIpc) is 2.81. The minimum atomic E-state index is -1.49. The summed E-state index contributed by atoms with van der Waals surface area (Å²) in [5.74, 6) is 1.51. The molecule has 2 heterocycles. The van der Waals surface area contributed by atoms with Gasteiger partial charge in [-0.1, -0.05) is 51.7 Å². The van der Waals surface area contributed by atoms with Crippen molar-refractivity contribution in [1.29, 1.82) is 0 Å². The summed E-state index contributed by atoms with van der Waals surface area (Å²) in [5.41, 5.74) is 3.21. The highest BCUT2D eigenvalue weighted by Crippen LogP contribution is 2.29. The normalized spacial score (nSPS) is 12.5. The van der Waals surface area contributed by atoms with Gasteiger partial charge in [0.25, 0.3) is 0 Å². The predicted octanol–water partition coefficient (Wildman–Crippen LogP) is 4.49. The quantitative estimate of drug-likeness (QED) is 0.722. The van der Waals surface area contributed by atoms with Gasteiger partial charge in [0.2, 0.25) is 0 Å². The molecule has 0 bridgehead atoms. The van der Waals surface area contributed by atoms with Crippen LogP contribution in [-0.2, 0) is 6.54 Å². The summed E-state index contributed by atoms with van der Waals surface area (Å²) in [7, 11) is -1.49. The maximum absolute atomic E-state index is 4.83. The van der Waals surface area contributed by atoms with E-state index in [2.05, 4.69) is 66.2 Å². The molecule has 0 radical (unpaired) electrons. The molecule has 1 aromatic carbocycles. The largest absolute Gasteiger partial charge is 0.394 e. The summed E-state index contributed by atoms with van der Waals surface area (Å²) in [4.78, 5) is 13.1. The highest BCUT2D eigenvalue weighted by Gasteiger charge is 2.19. The van der Waals surface area contributed by atoms with Gasteiger partial charge in [0.1, 0.15) is 19.6 Å². The van der Waals surface area contributed by atoms with Gasteiger partial charge in [0.05, 0.1) is 17.4 Å². The van der Waals surface area contributed by atoms with Gasteiger partial charge < -0.3 is 9.55 Å². The molecule has 0 spiro atoms. The van der Waals surface area contributed by atoms with Gasteiger partial charge in [0.15, 0.2) is 0 Å². The van der Waals surface area contributed by atoms with Gasteiger partial charge in [0, 0.05) is 11.9 Å². The van der Waals surface area contributed by atoms with E-state index in [0.717, 1.165) is 23.4 Å². The van der Waals surface area contributed by atoms with E-state index in [4.69, 9.17) is 4.98 Å². The zero-order valence-corrected chi connectivity index (χ0v) is 15.0. The third-order valence-corrected chi connectivity index (χ3v) is 4.50. The number of fused-ring (bicyclic) bond motifs is 3. The number of imidazole rings is 1. The molecule has 1 N–H and O–H groups in total. The van der Waals surface area contributed by atoms with Crippen LogP contribution in [0.1, 0.15) is 13.8 Å². The van der Waals surface area contributed by atoms with Crippen molar-refractivity contribution in [3.63, 3.8) is 0 Å². The van der Waals surface area contributed by atoms with Crippen LogP contribution >= 0.6 is 0 Å². The third-order valence-electron chi connectivity index (χ3n) is 3.51. The lowest BCUT2D eigenvalue weighted by Gasteiger charge is -2.20. The number of hydrogen-bond donors (Lipinski definition) is 1. The highest BCUT2D eigenvalue weighted by molar-refractivity contribution is 6.79. The number of hydrogen-bond acceptors (Lipinski definition) is 3. The molecule has 0 saturated heterocycles. The van der Waals surface area contributed by atoms with Gasteiger partial charge in [-0.2, -0.15) is 0 Å². The fourth-order valence-corrected chi connectivity index (χ4v) is 3.64. The summed E-state index contributed by atoms with van der Waals surface area (Å²) in [6, 6.07) is 8.34. The van der Waals surface area contributed by atoms with Crippen LogP contribution in [0.25, 0.3) is 21.9 Å². The van der Waals surface area contributed by atoms with Crippen molar-refractivity contribution in [2.75, 3.05) is 4.98 Å². The van der Waals surface area contributed by atoms with Gasteiger partial charge in [-0.15, -0.1) is 0 Å². The van der Waals surface area contributed by atoms with E-state index in [1.54, 1.807) is 0 Å². The summed E-state index contributed by atoms with van der Waals surface area (Å²) in [6.07, 6.45) is 1.95. The minimum absolute atomic E-state index is 0.581. The summed E-state index contributed by atoms with van der Waals surface area (Å²) < 4.78 is 2.26. The zero-order valence-electron chi connectivity index (χ0n) is 14.0. The Morgan fingerprint density at radius 3 is 2.59 bits per heavy atom. The Kier molecular flexibility index (Phi) is 3.68. The lowest BCUT2D eigenvalue weighted by molar-refractivity contribution is 0.533. The predicted molar refractivity (Wildman–Crippen MR) is 96.8 cm³/mol. The van der Waals surface area contributed by atoms with E-state index in [0.29, 0.717) is 5.92 Å². The SMILES string of the molecule is CC(C)Cn1cnc2c(N[Si](C)(C)C)nc3ccccc3c21. The standard InChI is InChI=1S/C17H24N4Si/c1-12(2)10-21-11-18-15-16(21)13-8-6-7-9-14(13)19-17(15)20-22(3,4)5/h6-9,11-12H,10H2,1-5H3,(H,19,20). The first kappa shape index (κ1) is 15.0. The number of nitrogens with one attached hydrogen (secondary N) is 1. The lowest BCUT2D eigenvalue weighted by atomic mass is 10.1.